The van der Waals surface area contributed by atoms with E-state index in [1.807, 2.05) is 6.92 Å². The van der Waals surface area contributed by atoms with Gasteiger partial charge in [-0.15, -0.1) is 0 Å². The standard InChI is InChI=1S/C16H22ClNO2/c1-2-10-20-16-7-6-13(17)11-14(16)15(19)12-18-8-4-3-5-9-18/h6-7,11H,2-5,8-10,12H2,1H3. The van der Waals surface area contributed by atoms with Gasteiger partial charge in [0.2, 0.25) is 0 Å². The minimum absolute atomic E-state index is 0.0977. The van der Waals surface area contributed by atoms with Crippen LogP contribution in [0.15, 0.2) is 18.2 Å². The van der Waals surface area contributed by atoms with Gasteiger partial charge in [-0.1, -0.05) is 24.9 Å². The number of benzene rings is 1. The van der Waals surface area contributed by atoms with Crippen molar-refractivity contribution in [1.29, 1.82) is 0 Å². The van der Waals surface area contributed by atoms with Crippen LogP contribution in [-0.4, -0.2) is 36.9 Å². The first-order valence-electron chi connectivity index (χ1n) is 7.38. The Kier molecular flexibility index (Phi) is 5.86. The highest BCUT2D eigenvalue weighted by atomic mass is 35.5. The van der Waals surface area contributed by atoms with Crippen molar-refractivity contribution in [2.24, 2.45) is 0 Å². The van der Waals surface area contributed by atoms with Crippen LogP contribution in [0.2, 0.25) is 5.02 Å². The van der Waals surface area contributed by atoms with Crippen molar-refractivity contribution in [2.75, 3.05) is 26.2 Å². The first-order valence-corrected chi connectivity index (χ1v) is 7.76. The van der Waals surface area contributed by atoms with E-state index in [1.165, 1.54) is 19.3 Å². The van der Waals surface area contributed by atoms with Crippen LogP contribution in [0.25, 0.3) is 0 Å². The van der Waals surface area contributed by atoms with Crippen LogP contribution < -0.4 is 4.74 Å². The second kappa shape index (κ2) is 7.65. The molecule has 1 aliphatic rings. The minimum atomic E-state index is 0.0977. The molecule has 0 saturated carbocycles. The molecule has 1 heterocycles. The number of hydrogen-bond acceptors (Lipinski definition) is 3. The quantitative estimate of drug-likeness (QED) is 0.748. The van der Waals surface area contributed by atoms with Crippen LogP contribution in [0.3, 0.4) is 0 Å². The van der Waals surface area contributed by atoms with E-state index in [4.69, 9.17) is 16.3 Å². The molecule has 1 aromatic carbocycles. The van der Waals surface area contributed by atoms with Crippen LogP contribution in [0, 0.1) is 0 Å². The Hall–Kier alpha value is -1.06. The number of ether oxygens (including phenoxy) is 1. The molecule has 2 rings (SSSR count). The SMILES string of the molecule is CCCOc1ccc(Cl)cc1C(=O)CN1CCCCC1. The molecule has 0 aromatic heterocycles. The molecule has 1 fully saturated rings. The van der Waals surface area contributed by atoms with E-state index in [9.17, 15) is 4.79 Å². The number of ketones is 1. The molecule has 1 aromatic rings. The number of hydrogen-bond donors (Lipinski definition) is 0. The maximum Gasteiger partial charge on any atom is 0.180 e. The fraction of sp³-hybridized carbons (Fsp3) is 0.562. The number of halogens is 1. The van der Waals surface area contributed by atoms with E-state index < -0.39 is 0 Å². The maximum absolute atomic E-state index is 12.5. The molecule has 0 bridgehead atoms. The van der Waals surface area contributed by atoms with E-state index in [0.29, 0.717) is 29.5 Å². The number of rotatable bonds is 6. The predicted molar refractivity (Wildman–Crippen MR) is 81.9 cm³/mol. The van der Waals surface area contributed by atoms with Gasteiger partial charge in [0.05, 0.1) is 18.7 Å². The molecule has 0 spiro atoms. The van der Waals surface area contributed by atoms with Gasteiger partial charge in [0.1, 0.15) is 5.75 Å². The van der Waals surface area contributed by atoms with Crippen molar-refractivity contribution >= 4 is 17.4 Å². The third kappa shape index (κ3) is 4.22. The van der Waals surface area contributed by atoms with Gasteiger partial charge in [-0.25, -0.2) is 0 Å². The largest absolute Gasteiger partial charge is 0.493 e. The Morgan fingerprint density at radius 2 is 2.05 bits per heavy atom. The molecule has 1 saturated heterocycles. The lowest BCUT2D eigenvalue weighted by Gasteiger charge is -2.25. The van der Waals surface area contributed by atoms with Crippen molar-refractivity contribution in [3.8, 4) is 5.75 Å². The lowest BCUT2D eigenvalue weighted by atomic mass is 10.1. The van der Waals surface area contributed by atoms with Gasteiger partial charge >= 0.3 is 0 Å². The lowest BCUT2D eigenvalue weighted by Crippen LogP contribution is -2.34. The summed E-state index contributed by atoms with van der Waals surface area (Å²) in [4.78, 5) is 14.7. The van der Waals surface area contributed by atoms with E-state index in [-0.39, 0.29) is 5.78 Å². The smallest absolute Gasteiger partial charge is 0.180 e. The van der Waals surface area contributed by atoms with Crippen LogP contribution in [0.4, 0.5) is 0 Å². The van der Waals surface area contributed by atoms with Crippen molar-refractivity contribution in [2.45, 2.75) is 32.6 Å². The number of likely N-dealkylation sites (tertiary alicyclic amines) is 1. The fourth-order valence-corrected chi connectivity index (χ4v) is 2.64. The highest BCUT2D eigenvalue weighted by molar-refractivity contribution is 6.31. The molecule has 1 aliphatic heterocycles. The number of nitrogens with zero attached hydrogens (tertiary/aromatic N) is 1. The lowest BCUT2D eigenvalue weighted by molar-refractivity contribution is 0.0911. The third-order valence-corrected chi connectivity index (χ3v) is 3.75. The van der Waals surface area contributed by atoms with E-state index in [1.54, 1.807) is 18.2 Å². The average Bonchev–Trinajstić information content (AvgIpc) is 2.47. The van der Waals surface area contributed by atoms with Crippen molar-refractivity contribution in [3.63, 3.8) is 0 Å². The number of carbonyl (C=O) groups is 1. The van der Waals surface area contributed by atoms with E-state index in [0.717, 1.165) is 19.5 Å². The molecule has 20 heavy (non-hydrogen) atoms. The molecule has 0 atom stereocenters. The zero-order valence-corrected chi connectivity index (χ0v) is 12.8. The number of piperidine rings is 1. The van der Waals surface area contributed by atoms with Crippen molar-refractivity contribution in [3.05, 3.63) is 28.8 Å². The van der Waals surface area contributed by atoms with E-state index >= 15 is 0 Å². The predicted octanol–water partition coefficient (Wildman–Crippen LogP) is 3.80. The van der Waals surface area contributed by atoms with Crippen LogP contribution >= 0.6 is 11.6 Å². The number of carbonyl (C=O) groups excluding carboxylic acids is 1. The summed E-state index contributed by atoms with van der Waals surface area (Å²) in [6, 6.07) is 5.28. The second-order valence-corrected chi connectivity index (χ2v) is 5.69. The van der Waals surface area contributed by atoms with Crippen molar-refractivity contribution < 1.29 is 9.53 Å². The molecular weight excluding hydrogens is 274 g/mol. The molecule has 0 aliphatic carbocycles. The Labute approximate surface area is 125 Å². The van der Waals surface area contributed by atoms with Crippen LogP contribution in [0.1, 0.15) is 43.0 Å². The maximum atomic E-state index is 12.5. The van der Waals surface area contributed by atoms with Crippen LogP contribution in [-0.2, 0) is 0 Å². The molecule has 0 N–H and O–H groups in total. The summed E-state index contributed by atoms with van der Waals surface area (Å²) in [6.07, 6.45) is 4.55. The first-order chi connectivity index (χ1) is 9.70. The summed E-state index contributed by atoms with van der Waals surface area (Å²) in [6.45, 7) is 5.15. The Morgan fingerprint density at radius 3 is 2.75 bits per heavy atom. The van der Waals surface area contributed by atoms with Gasteiger partial charge in [0.25, 0.3) is 0 Å². The Balaban J connectivity index is 2.08. The Morgan fingerprint density at radius 1 is 1.30 bits per heavy atom. The van der Waals surface area contributed by atoms with Gasteiger partial charge in [0, 0.05) is 5.02 Å². The highest BCUT2D eigenvalue weighted by Gasteiger charge is 2.18. The zero-order chi connectivity index (χ0) is 14.4. The molecule has 0 radical (unpaired) electrons. The Bertz CT molecular complexity index is 456. The summed E-state index contributed by atoms with van der Waals surface area (Å²) >= 11 is 6.02. The third-order valence-electron chi connectivity index (χ3n) is 3.52. The normalized spacial score (nSPS) is 16.1. The van der Waals surface area contributed by atoms with Gasteiger partial charge < -0.3 is 4.74 Å². The van der Waals surface area contributed by atoms with Gasteiger partial charge in [0.15, 0.2) is 5.78 Å². The summed E-state index contributed by atoms with van der Waals surface area (Å²) in [5, 5.41) is 0.579. The molecule has 4 heteroatoms. The van der Waals surface area contributed by atoms with Crippen molar-refractivity contribution in [1.82, 2.24) is 4.90 Å². The zero-order valence-electron chi connectivity index (χ0n) is 12.0. The average molecular weight is 296 g/mol. The molecule has 110 valence electrons. The molecule has 0 unspecified atom stereocenters. The second-order valence-electron chi connectivity index (χ2n) is 5.25. The van der Waals surface area contributed by atoms with E-state index in [2.05, 4.69) is 4.90 Å². The first kappa shape index (κ1) is 15.3. The summed E-state index contributed by atoms with van der Waals surface area (Å²) in [5.41, 5.74) is 0.608. The fourth-order valence-electron chi connectivity index (χ4n) is 2.46. The summed E-state index contributed by atoms with van der Waals surface area (Å²) < 4.78 is 5.65. The monoisotopic (exact) mass is 295 g/mol. The summed E-state index contributed by atoms with van der Waals surface area (Å²) in [5.74, 6) is 0.749. The number of Topliss-reactive ketones (excluding diaryl/α,β-unsaturated/α-hetero) is 1. The van der Waals surface area contributed by atoms with Gasteiger partial charge in [-0.2, -0.15) is 0 Å². The summed E-state index contributed by atoms with van der Waals surface area (Å²) in [7, 11) is 0. The minimum Gasteiger partial charge on any atom is -0.493 e. The molecule has 3 nitrogen and oxygen atoms in total. The van der Waals surface area contributed by atoms with Gasteiger partial charge in [-0.3, -0.25) is 9.69 Å². The van der Waals surface area contributed by atoms with Crippen LogP contribution in [0.5, 0.6) is 5.75 Å². The van der Waals surface area contributed by atoms with Gasteiger partial charge in [-0.05, 0) is 50.6 Å². The topological polar surface area (TPSA) is 29.5 Å². The highest BCUT2D eigenvalue weighted by Crippen LogP contribution is 2.24. The molecular formula is C16H22ClNO2. The molecule has 0 amide bonds.